The standard InChI is InChI=1S/C33H39N5O4/c1-23-27(28-8-5-10-30(24(28)2)42-16-6-13-38-14-17-41-18-15-38)7-4-9-29(23)36-33-32-26(11-12-34-33)19-25(20-35-32)21-37(3)22-31(39)40/h4-5,7-12,19-20H,6,13-18,21-22H2,1-3H3,(H,34,36)(H,39,40). The van der Waals surface area contributed by atoms with Crippen molar-refractivity contribution in [3.8, 4) is 16.9 Å². The van der Waals surface area contributed by atoms with Crippen LogP contribution < -0.4 is 10.1 Å². The number of anilines is 2. The molecular weight excluding hydrogens is 530 g/mol. The van der Waals surface area contributed by atoms with Crippen LogP contribution >= 0.6 is 0 Å². The number of hydrogen-bond donors (Lipinski definition) is 2. The molecule has 1 aliphatic heterocycles. The van der Waals surface area contributed by atoms with E-state index in [0.29, 0.717) is 19.0 Å². The molecule has 0 aliphatic carbocycles. The van der Waals surface area contributed by atoms with Gasteiger partial charge in [-0.25, -0.2) is 4.98 Å². The zero-order valence-corrected chi connectivity index (χ0v) is 24.6. The molecular formula is C33H39N5O4. The van der Waals surface area contributed by atoms with E-state index in [9.17, 15) is 4.79 Å². The number of pyridine rings is 2. The lowest BCUT2D eigenvalue weighted by molar-refractivity contribution is -0.138. The molecule has 0 atom stereocenters. The van der Waals surface area contributed by atoms with Crippen LogP contribution in [0.2, 0.25) is 0 Å². The summed E-state index contributed by atoms with van der Waals surface area (Å²) in [5.41, 5.74) is 7.16. The predicted octanol–water partition coefficient (Wildman–Crippen LogP) is 5.27. The second kappa shape index (κ2) is 13.7. The smallest absolute Gasteiger partial charge is 0.317 e. The summed E-state index contributed by atoms with van der Waals surface area (Å²) >= 11 is 0. The van der Waals surface area contributed by atoms with Crippen LogP contribution in [0, 0.1) is 13.8 Å². The molecule has 9 heteroatoms. The van der Waals surface area contributed by atoms with Crippen molar-refractivity contribution in [3.05, 3.63) is 77.6 Å². The van der Waals surface area contributed by atoms with E-state index in [-0.39, 0.29) is 6.54 Å². The Morgan fingerprint density at radius 2 is 1.83 bits per heavy atom. The lowest BCUT2D eigenvalue weighted by Crippen LogP contribution is -2.37. The van der Waals surface area contributed by atoms with Crippen molar-refractivity contribution in [2.75, 3.05) is 58.4 Å². The third-order valence-electron chi connectivity index (χ3n) is 7.65. The van der Waals surface area contributed by atoms with Gasteiger partial charge in [-0.3, -0.25) is 19.6 Å². The fourth-order valence-corrected chi connectivity index (χ4v) is 5.43. The van der Waals surface area contributed by atoms with E-state index in [0.717, 1.165) is 89.4 Å². The van der Waals surface area contributed by atoms with Gasteiger partial charge in [-0.2, -0.15) is 0 Å². The molecule has 3 heterocycles. The van der Waals surface area contributed by atoms with Gasteiger partial charge in [0.15, 0.2) is 5.82 Å². The summed E-state index contributed by atoms with van der Waals surface area (Å²) in [4.78, 5) is 24.5. The van der Waals surface area contributed by atoms with Crippen molar-refractivity contribution in [1.29, 1.82) is 0 Å². The average molecular weight is 570 g/mol. The highest BCUT2D eigenvalue weighted by Crippen LogP contribution is 2.36. The fraction of sp³-hybridized carbons (Fsp3) is 0.364. The minimum absolute atomic E-state index is 0.0275. The number of hydrogen-bond acceptors (Lipinski definition) is 8. The summed E-state index contributed by atoms with van der Waals surface area (Å²) < 4.78 is 11.7. The number of morpholine rings is 1. The van der Waals surface area contributed by atoms with Crippen LogP contribution in [0.1, 0.15) is 23.1 Å². The van der Waals surface area contributed by atoms with E-state index in [2.05, 4.69) is 64.4 Å². The number of carbonyl (C=O) groups is 1. The Hall–Kier alpha value is -4.05. The number of rotatable bonds is 12. The van der Waals surface area contributed by atoms with Crippen LogP contribution in [0.4, 0.5) is 11.5 Å². The van der Waals surface area contributed by atoms with Gasteiger partial charge in [-0.05, 0) is 79.4 Å². The summed E-state index contributed by atoms with van der Waals surface area (Å²) in [5.74, 6) is 0.734. The van der Waals surface area contributed by atoms with Gasteiger partial charge in [0.05, 0.1) is 26.4 Å². The summed E-state index contributed by atoms with van der Waals surface area (Å²) in [7, 11) is 1.78. The van der Waals surface area contributed by atoms with Gasteiger partial charge in [-0.1, -0.05) is 24.3 Å². The minimum Gasteiger partial charge on any atom is -0.493 e. The molecule has 2 aromatic heterocycles. The van der Waals surface area contributed by atoms with Crippen LogP contribution in [-0.2, 0) is 16.1 Å². The van der Waals surface area contributed by atoms with E-state index >= 15 is 0 Å². The largest absolute Gasteiger partial charge is 0.493 e. The Balaban J connectivity index is 1.31. The normalized spacial score (nSPS) is 13.9. The first-order valence-electron chi connectivity index (χ1n) is 14.4. The zero-order valence-electron chi connectivity index (χ0n) is 24.6. The van der Waals surface area contributed by atoms with E-state index in [1.165, 1.54) is 0 Å². The van der Waals surface area contributed by atoms with E-state index in [4.69, 9.17) is 14.6 Å². The molecule has 0 unspecified atom stereocenters. The first kappa shape index (κ1) is 29.4. The third kappa shape index (κ3) is 7.23. The van der Waals surface area contributed by atoms with Crippen molar-refractivity contribution in [3.63, 3.8) is 0 Å². The van der Waals surface area contributed by atoms with Crippen molar-refractivity contribution < 1.29 is 19.4 Å². The zero-order chi connectivity index (χ0) is 29.5. The lowest BCUT2D eigenvalue weighted by atomic mass is 9.95. The second-order valence-corrected chi connectivity index (χ2v) is 10.8. The molecule has 9 nitrogen and oxygen atoms in total. The monoisotopic (exact) mass is 569 g/mol. The second-order valence-electron chi connectivity index (χ2n) is 10.8. The molecule has 1 saturated heterocycles. The molecule has 220 valence electrons. The number of likely N-dealkylation sites (N-methyl/N-ethyl adjacent to an activating group) is 1. The number of nitrogens with zero attached hydrogens (tertiary/aromatic N) is 4. The maximum absolute atomic E-state index is 11.0. The number of nitrogens with one attached hydrogen (secondary N) is 1. The minimum atomic E-state index is -0.853. The van der Waals surface area contributed by atoms with Gasteiger partial charge in [0, 0.05) is 49.6 Å². The number of aliphatic carboxylic acids is 1. The molecule has 2 aromatic carbocycles. The van der Waals surface area contributed by atoms with E-state index in [1.807, 2.05) is 18.2 Å². The third-order valence-corrected chi connectivity index (χ3v) is 7.65. The summed E-state index contributed by atoms with van der Waals surface area (Å²) in [6, 6.07) is 16.4. The predicted molar refractivity (Wildman–Crippen MR) is 166 cm³/mol. The highest BCUT2D eigenvalue weighted by atomic mass is 16.5. The van der Waals surface area contributed by atoms with Crippen LogP contribution in [0.3, 0.4) is 0 Å². The lowest BCUT2D eigenvalue weighted by Gasteiger charge is -2.26. The Kier molecular flexibility index (Phi) is 9.63. The van der Waals surface area contributed by atoms with Crippen molar-refractivity contribution in [1.82, 2.24) is 19.8 Å². The highest BCUT2D eigenvalue weighted by Gasteiger charge is 2.15. The van der Waals surface area contributed by atoms with Gasteiger partial charge in [0.2, 0.25) is 0 Å². The van der Waals surface area contributed by atoms with Crippen LogP contribution in [0.25, 0.3) is 22.0 Å². The van der Waals surface area contributed by atoms with Crippen LogP contribution in [0.5, 0.6) is 5.75 Å². The van der Waals surface area contributed by atoms with E-state index in [1.54, 1.807) is 24.3 Å². The molecule has 0 amide bonds. The summed E-state index contributed by atoms with van der Waals surface area (Å²) in [5, 5.41) is 13.5. The van der Waals surface area contributed by atoms with Crippen LogP contribution in [0.15, 0.2) is 60.9 Å². The molecule has 2 N–H and O–H groups in total. The highest BCUT2D eigenvalue weighted by molar-refractivity contribution is 5.91. The SMILES string of the molecule is Cc1c(Nc2nccc3cc(CN(C)CC(=O)O)cnc23)cccc1-c1cccc(OCCCN2CCOCC2)c1C. The molecule has 0 saturated carbocycles. The van der Waals surface area contributed by atoms with Crippen LogP contribution in [-0.4, -0.2) is 83.9 Å². The molecule has 1 aliphatic rings. The first-order valence-corrected chi connectivity index (χ1v) is 14.4. The molecule has 42 heavy (non-hydrogen) atoms. The maximum atomic E-state index is 11.0. The number of carboxylic acids is 1. The molecule has 0 bridgehead atoms. The number of carboxylic acid groups (broad SMARTS) is 1. The molecule has 5 rings (SSSR count). The molecule has 0 radical (unpaired) electrons. The number of benzene rings is 2. The van der Waals surface area contributed by atoms with Crippen molar-refractivity contribution in [2.24, 2.45) is 0 Å². The topological polar surface area (TPSA) is 100 Å². The number of aromatic nitrogens is 2. The molecule has 1 fully saturated rings. The van der Waals surface area contributed by atoms with Gasteiger partial charge in [0.1, 0.15) is 11.3 Å². The van der Waals surface area contributed by atoms with Gasteiger partial charge >= 0.3 is 5.97 Å². The van der Waals surface area contributed by atoms with Gasteiger partial charge in [0.25, 0.3) is 0 Å². The average Bonchev–Trinajstić information content (AvgIpc) is 2.97. The first-order chi connectivity index (χ1) is 20.4. The Labute approximate surface area is 247 Å². The van der Waals surface area contributed by atoms with Crippen molar-refractivity contribution >= 4 is 28.4 Å². The molecule has 0 spiro atoms. The maximum Gasteiger partial charge on any atom is 0.317 e. The Morgan fingerprint density at radius 1 is 1.07 bits per heavy atom. The molecule has 4 aromatic rings. The quantitative estimate of drug-likeness (QED) is 0.221. The van der Waals surface area contributed by atoms with E-state index < -0.39 is 5.97 Å². The van der Waals surface area contributed by atoms with Gasteiger partial charge in [-0.15, -0.1) is 0 Å². The summed E-state index contributed by atoms with van der Waals surface area (Å²) in [6.07, 6.45) is 4.53. The number of ether oxygens (including phenoxy) is 2. The van der Waals surface area contributed by atoms with Gasteiger partial charge < -0.3 is 19.9 Å². The number of fused-ring (bicyclic) bond motifs is 1. The Morgan fingerprint density at radius 3 is 2.62 bits per heavy atom. The Bertz CT molecular complexity index is 1540. The fourth-order valence-electron chi connectivity index (χ4n) is 5.43. The van der Waals surface area contributed by atoms with Crippen molar-refractivity contribution in [2.45, 2.75) is 26.8 Å². The summed E-state index contributed by atoms with van der Waals surface area (Å²) in [6.45, 7) is 10.0.